The Kier molecular flexibility index (Phi) is 7.58. The highest BCUT2D eigenvalue weighted by molar-refractivity contribution is 6.30. The molecule has 3 rings (SSSR count). The van der Waals surface area contributed by atoms with E-state index in [0.717, 1.165) is 0 Å². The number of halogens is 4. The van der Waals surface area contributed by atoms with Gasteiger partial charge >= 0.3 is 6.18 Å². The zero-order chi connectivity index (χ0) is 25.0. The third kappa shape index (κ3) is 6.12. The SMILES string of the molecule is Cc1cc(C(O)C(F)(F)F)cc(C)c1NC(=O)c1cccc(NC(=O)Cc2cccnc2Cl)c1. The zero-order valence-electron chi connectivity index (χ0n) is 18.2. The lowest BCUT2D eigenvalue weighted by Gasteiger charge is -2.19. The summed E-state index contributed by atoms with van der Waals surface area (Å²) in [6.07, 6.45) is -5.90. The molecular formula is C24H21ClF3N3O3. The van der Waals surface area contributed by atoms with Crippen LogP contribution in [0.15, 0.2) is 54.7 Å². The molecule has 0 radical (unpaired) electrons. The van der Waals surface area contributed by atoms with Crippen LogP contribution in [0.2, 0.25) is 5.15 Å². The number of nitrogens with zero attached hydrogens (tertiary/aromatic N) is 1. The van der Waals surface area contributed by atoms with E-state index in [2.05, 4.69) is 15.6 Å². The van der Waals surface area contributed by atoms with E-state index in [0.29, 0.717) is 28.1 Å². The number of aliphatic hydroxyl groups is 1. The molecule has 1 aromatic heterocycles. The van der Waals surface area contributed by atoms with Crippen molar-refractivity contribution in [2.75, 3.05) is 10.6 Å². The van der Waals surface area contributed by atoms with Crippen molar-refractivity contribution in [3.8, 4) is 0 Å². The number of carbonyl (C=O) groups excluding carboxylic acids is 2. The summed E-state index contributed by atoms with van der Waals surface area (Å²) < 4.78 is 38.5. The Hall–Kier alpha value is -3.43. The zero-order valence-corrected chi connectivity index (χ0v) is 19.0. The maximum absolute atomic E-state index is 12.8. The Bertz CT molecular complexity index is 1210. The fourth-order valence-electron chi connectivity index (χ4n) is 3.39. The van der Waals surface area contributed by atoms with E-state index in [1.54, 1.807) is 24.3 Å². The summed E-state index contributed by atoms with van der Waals surface area (Å²) >= 11 is 5.98. The standard InChI is InChI=1S/C24H21ClF3N3O3/c1-13-9-17(21(33)24(26,27)28)10-14(2)20(13)31-23(34)16-5-3-7-18(11-16)30-19(32)12-15-6-4-8-29-22(15)25/h3-11,21,33H,12H2,1-2H3,(H,30,32)(H,31,34). The lowest BCUT2D eigenvalue weighted by atomic mass is 10.00. The fraction of sp³-hybridized carbons (Fsp3) is 0.208. The number of amides is 2. The molecule has 2 amide bonds. The first-order valence-electron chi connectivity index (χ1n) is 10.1. The van der Waals surface area contributed by atoms with Gasteiger partial charge in [-0.1, -0.05) is 35.9 Å². The van der Waals surface area contributed by atoms with Crippen LogP contribution in [0.25, 0.3) is 0 Å². The van der Waals surface area contributed by atoms with Crippen molar-refractivity contribution in [3.63, 3.8) is 0 Å². The average Bonchev–Trinajstić information content (AvgIpc) is 2.76. The van der Waals surface area contributed by atoms with Crippen LogP contribution in [-0.2, 0) is 11.2 Å². The van der Waals surface area contributed by atoms with Gasteiger partial charge in [0.25, 0.3) is 5.91 Å². The molecule has 0 saturated carbocycles. The number of aryl methyl sites for hydroxylation is 2. The van der Waals surface area contributed by atoms with Crippen LogP contribution in [0.3, 0.4) is 0 Å². The molecule has 1 unspecified atom stereocenters. The molecule has 1 heterocycles. The summed E-state index contributed by atoms with van der Waals surface area (Å²) in [6.45, 7) is 3.07. The number of nitrogens with one attached hydrogen (secondary N) is 2. The van der Waals surface area contributed by atoms with Crippen molar-refractivity contribution in [1.29, 1.82) is 0 Å². The molecule has 178 valence electrons. The van der Waals surface area contributed by atoms with E-state index in [9.17, 15) is 27.9 Å². The molecule has 0 fully saturated rings. The average molecular weight is 492 g/mol. The molecule has 3 aromatic rings. The third-order valence-corrected chi connectivity index (χ3v) is 5.36. The predicted molar refractivity (Wildman–Crippen MR) is 123 cm³/mol. The van der Waals surface area contributed by atoms with Crippen LogP contribution in [-0.4, -0.2) is 28.1 Å². The first-order valence-corrected chi connectivity index (χ1v) is 10.5. The van der Waals surface area contributed by atoms with Gasteiger partial charge in [-0.2, -0.15) is 13.2 Å². The number of aromatic nitrogens is 1. The summed E-state index contributed by atoms with van der Waals surface area (Å²) in [5, 5.41) is 15.1. The monoisotopic (exact) mass is 491 g/mol. The van der Waals surface area contributed by atoms with Gasteiger partial charge in [-0.05, 0) is 60.4 Å². The van der Waals surface area contributed by atoms with E-state index in [1.165, 1.54) is 44.3 Å². The molecular weight excluding hydrogens is 471 g/mol. The van der Waals surface area contributed by atoms with Crippen LogP contribution < -0.4 is 10.6 Å². The maximum atomic E-state index is 12.8. The number of aliphatic hydroxyl groups excluding tert-OH is 1. The van der Waals surface area contributed by atoms with Crippen molar-refractivity contribution in [1.82, 2.24) is 4.98 Å². The van der Waals surface area contributed by atoms with Gasteiger partial charge in [-0.25, -0.2) is 4.98 Å². The van der Waals surface area contributed by atoms with Gasteiger partial charge in [-0.3, -0.25) is 9.59 Å². The van der Waals surface area contributed by atoms with E-state index < -0.39 is 18.2 Å². The quantitative estimate of drug-likeness (QED) is 0.404. The minimum Gasteiger partial charge on any atom is -0.379 e. The third-order valence-electron chi connectivity index (χ3n) is 5.02. The normalized spacial score (nSPS) is 12.2. The van der Waals surface area contributed by atoms with Gasteiger partial charge < -0.3 is 15.7 Å². The number of pyridine rings is 1. The number of hydrogen-bond donors (Lipinski definition) is 3. The largest absolute Gasteiger partial charge is 0.418 e. The Morgan fingerprint density at radius 2 is 1.74 bits per heavy atom. The smallest absolute Gasteiger partial charge is 0.379 e. The Labute approximate surface area is 198 Å². The van der Waals surface area contributed by atoms with E-state index in [-0.39, 0.29) is 28.6 Å². The van der Waals surface area contributed by atoms with Crippen molar-refractivity contribution in [2.24, 2.45) is 0 Å². The second kappa shape index (κ2) is 10.2. The number of anilines is 2. The van der Waals surface area contributed by atoms with Gasteiger partial charge in [0.1, 0.15) is 5.15 Å². The van der Waals surface area contributed by atoms with Crippen LogP contribution >= 0.6 is 11.6 Å². The molecule has 3 N–H and O–H groups in total. The molecule has 0 bridgehead atoms. The highest BCUT2D eigenvalue weighted by Gasteiger charge is 2.39. The highest BCUT2D eigenvalue weighted by atomic mass is 35.5. The molecule has 0 aliphatic heterocycles. The summed E-state index contributed by atoms with van der Waals surface area (Å²) in [7, 11) is 0. The second-order valence-corrected chi connectivity index (χ2v) is 8.05. The number of rotatable bonds is 6. The lowest BCUT2D eigenvalue weighted by molar-refractivity contribution is -0.206. The Morgan fingerprint density at radius 3 is 2.35 bits per heavy atom. The molecule has 2 aromatic carbocycles. The van der Waals surface area contributed by atoms with Crippen LogP contribution in [0.5, 0.6) is 0 Å². The van der Waals surface area contributed by atoms with Crippen molar-refractivity contribution >= 4 is 34.8 Å². The molecule has 0 aliphatic carbocycles. The summed E-state index contributed by atoms with van der Waals surface area (Å²) in [6, 6.07) is 11.9. The summed E-state index contributed by atoms with van der Waals surface area (Å²) in [4.78, 5) is 29.1. The van der Waals surface area contributed by atoms with E-state index >= 15 is 0 Å². The molecule has 6 nitrogen and oxygen atoms in total. The minimum atomic E-state index is -4.79. The number of carbonyl (C=O) groups is 2. The topological polar surface area (TPSA) is 91.3 Å². The number of alkyl halides is 3. The lowest BCUT2D eigenvalue weighted by Crippen LogP contribution is -2.21. The number of benzene rings is 2. The fourth-order valence-corrected chi connectivity index (χ4v) is 3.58. The minimum absolute atomic E-state index is 0.00237. The first-order chi connectivity index (χ1) is 16.0. The van der Waals surface area contributed by atoms with Crippen molar-refractivity contribution in [2.45, 2.75) is 32.5 Å². The van der Waals surface area contributed by atoms with Crippen LogP contribution in [0.1, 0.15) is 38.7 Å². The van der Waals surface area contributed by atoms with E-state index in [1.807, 2.05) is 0 Å². The second-order valence-electron chi connectivity index (χ2n) is 7.69. The van der Waals surface area contributed by atoms with Gasteiger partial charge in [0.2, 0.25) is 5.91 Å². The van der Waals surface area contributed by atoms with Gasteiger partial charge in [0.05, 0.1) is 6.42 Å². The molecule has 0 spiro atoms. The number of hydrogen-bond acceptors (Lipinski definition) is 4. The van der Waals surface area contributed by atoms with Gasteiger partial charge in [-0.15, -0.1) is 0 Å². The van der Waals surface area contributed by atoms with E-state index in [4.69, 9.17) is 11.6 Å². The van der Waals surface area contributed by atoms with Gasteiger partial charge in [0.15, 0.2) is 6.10 Å². The Balaban J connectivity index is 1.73. The van der Waals surface area contributed by atoms with Crippen molar-refractivity contribution in [3.05, 3.63) is 87.7 Å². The molecule has 0 aliphatic rings. The molecule has 0 saturated heterocycles. The first kappa shape index (κ1) is 25.2. The highest BCUT2D eigenvalue weighted by Crippen LogP contribution is 2.35. The molecule has 34 heavy (non-hydrogen) atoms. The Morgan fingerprint density at radius 1 is 1.06 bits per heavy atom. The van der Waals surface area contributed by atoms with Crippen LogP contribution in [0.4, 0.5) is 24.5 Å². The summed E-state index contributed by atoms with van der Waals surface area (Å²) in [5.74, 6) is -0.861. The maximum Gasteiger partial charge on any atom is 0.418 e. The van der Waals surface area contributed by atoms with Crippen molar-refractivity contribution < 1.29 is 27.9 Å². The predicted octanol–water partition coefficient (Wildman–Crippen LogP) is 5.38. The van der Waals surface area contributed by atoms with Gasteiger partial charge in [0, 0.05) is 23.1 Å². The summed E-state index contributed by atoms with van der Waals surface area (Å²) in [5.41, 5.74) is 1.93. The molecule has 1 atom stereocenters. The molecule has 10 heteroatoms. The van der Waals surface area contributed by atoms with Crippen LogP contribution in [0, 0.1) is 13.8 Å².